The Hall–Kier alpha value is -1.84. The lowest BCUT2D eigenvalue weighted by molar-refractivity contribution is 0.280. The molecular weight excluding hydrogens is 248 g/mol. The van der Waals surface area contributed by atoms with Gasteiger partial charge in [-0.1, -0.05) is 42.5 Å². The van der Waals surface area contributed by atoms with E-state index in [1.165, 1.54) is 5.56 Å². The third kappa shape index (κ3) is 4.37. The maximum absolute atomic E-state index is 8.82. The molecule has 0 spiro atoms. The van der Waals surface area contributed by atoms with Crippen LogP contribution in [0.2, 0.25) is 0 Å². The molecule has 0 amide bonds. The number of aliphatic hydroxyl groups is 1. The van der Waals surface area contributed by atoms with Gasteiger partial charge in [-0.25, -0.2) is 0 Å². The number of nitrogens with two attached hydrogens (primary N) is 1. The molecule has 20 heavy (non-hydrogen) atoms. The first-order chi connectivity index (χ1) is 9.79. The van der Waals surface area contributed by atoms with Crippen LogP contribution in [0.25, 0.3) is 0 Å². The van der Waals surface area contributed by atoms with Crippen LogP contribution in [0.4, 0.5) is 5.69 Å². The van der Waals surface area contributed by atoms with Crippen LogP contribution in [-0.4, -0.2) is 11.7 Å². The van der Waals surface area contributed by atoms with Crippen LogP contribution in [0.15, 0.2) is 54.6 Å². The van der Waals surface area contributed by atoms with Gasteiger partial charge in [0.15, 0.2) is 0 Å². The highest BCUT2D eigenvalue weighted by atomic mass is 16.2. The quantitative estimate of drug-likeness (QED) is 0.724. The van der Waals surface area contributed by atoms with Crippen molar-refractivity contribution in [2.75, 3.05) is 11.9 Å². The molecule has 0 aliphatic heterocycles. The van der Waals surface area contributed by atoms with Crippen molar-refractivity contribution in [1.82, 2.24) is 0 Å². The van der Waals surface area contributed by atoms with Crippen molar-refractivity contribution in [2.24, 2.45) is 5.73 Å². The summed E-state index contributed by atoms with van der Waals surface area (Å²) >= 11 is 0. The Morgan fingerprint density at radius 1 is 1.00 bits per heavy atom. The van der Waals surface area contributed by atoms with Crippen LogP contribution < -0.4 is 11.1 Å². The zero-order valence-electron chi connectivity index (χ0n) is 11.6. The van der Waals surface area contributed by atoms with Crippen LogP contribution in [-0.2, 0) is 6.54 Å². The summed E-state index contributed by atoms with van der Waals surface area (Å²) < 4.78 is 0. The van der Waals surface area contributed by atoms with E-state index in [0.29, 0.717) is 0 Å². The van der Waals surface area contributed by atoms with Gasteiger partial charge in [0.2, 0.25) is 0 Å². The lowest BCUT2D eigenvalue weighted by Gasteiger charge is -2.12. The average molecular weight is 270 g/mol. The van der Waals surface area contributed by atoms with E-state index in [1.54, 1.807) is 0 Å². The van der Waals surface area contributed by atoms with Crippen LogP contribution in [0, 0.1) is 0 Å². The molecular formula is C17H22N2O. The first-order valence-corrected chi connectivity index (χ1v) is 7.04. The Kier molecular flexibility index (Phi) is 5.59. The number of hydrogen-bond donors (Lipinski definition) is 3. The van der Waals surface area contributed by atoms with E-state index in [0.717, 1.165) is 30.6 Å². The van der Waals surface area contributed by atoms with E-state index in [4.69, 9.17) is 10.8 Å². The van der Waals surface area contributed by atoms with Crippen molar-refractivity contribution in [3.05, 3.63) is 65.7 Å². The van der Waals surface area contributed by atoms with Gasteiger partial charge >= 0.3 is 0 Å². The standard InChI is InChI=1S/C17H22N2O/c18-17(7-4-12-20)15-8-10-16(11-9-15)19-13-14-5-2-1-3-6-14/h1-3,5-6,8-11,17,19-20H,4,7,12-13,18H2/t17-/m0/s1. The maximum atomic E-state index is 8.82. The summed E-state index contributed by atoms with van der Waals surface area (Å²) in [5.41, 5.74) is 9.53. The molecule has 3 heteroatoms. The van der Waals surface area contributed by atoms with Gasteiger partial charge in [0, 0.05) is 24.9 Å². The second kappa shape index (κ2) is 7.68. The average Bonchev–Trinajstić information content (AvgIpc) is 2.52. The smallest absolute Gasteiger partial charge is 0.0431 e. The highest BCUT2D eigenvalue weighted by Gasteiger charge is 2.05. The normalized spacial score (nSPS) is 12.1. The molecule has 2 rings (SSSR count). The van der Waals surface area contributed by atoms with E-state index in [9.17, 15) is 0 Å². The fraction of sp³-hybridized carbons (Fsp3) is 0.294. The summed E-state index contributed by atoms with van der Waals surface area (Å²) in [5.74, 6) is 0. The molecule has 2 aromatic carbocycles. The molecule has 4 N–H and O–H groups in total. The van der Waals surface area contributed by atoms with Crippen molar-refractivity contribution in [2.45, 2.75) is 25.4 Å². The van der Waals surface area contributed by atoms with Gasteiger partial charge in [0.1, 0.15) is 0 Å². The first-order valence-electron chi connectivity index (χ1n) is 7.04. The number of aliphatic hydroxyl groups excluding tert-OH is 1. The van der Waals surface area contributed by atoms with Crippen molar-refractivity contribution in [1.29, 1.82) is 0 Å². The number of anilines is 1. The molecule has 0 saturated heterocycles. The minimum Gasteiger partial charge on any atom is -0.396 e. The molecule has 0 aliphatic carbocycles. The van der Waals surface area contributed by atoms with E-state index in [-0.39, 0.29) is 12.6 Å². The van der Waals surface area contributed by atoms with E-state index >= 15 is 0 Å². The van der Waals surface area contributed by atoms with Crippen molar-refractivity contribution >= 4 is 5.69 Å². The molecule has 106 valence electrons. The summed E-state index contributed by atoms with van der Waals surface area (Å²) in [6.07, 6.45) is 1.56. The van der Waals surface area contributed by atoms with Crippen LogP contribution in [0.1, 0.15) is 30.0 Å². The molecule has 0 bridgehead atoms. The van der Waals surface area contributed by atoms with Gasteiger partial charge in [0.05, 0.1) is 0 Å². The van der Waals surface area contributed by atoms with Gasteiger partial charge in [-0.15, -0.1) is 0 Å². The highest BCUT2D eigenvalue weighted by Crippen LogP contribution is 2.18. The molecule has 1 atom stereocenters. The maximum Gasteiger partial charge on any atom is 0.0431 e. The second-order valence-electron chi connectivity index (χ2n) is 4.93. The largest absolute Gasteiger partial charge is 0.396 e. The fourth-order valence-electron chi connectivity index (χ4n) is 2.13. The predicted molar refractivity (Wildman–Crippen MR) is 83.5 cm³/mol. The lowest BCUT2D eigenvalue weighted by Crippen LogP contribution is -2.10. The zero-order chi connectivity index (χ0) is 14.2. The fourth-order valence-corrected chi connectivity index (χ4v) is 2.13. The molecule has 0 aliphatic rings. The Labute approximate surface area is 120 Å². The molecule has 0 saturated carbocycles. The van der Waals surface area contributed by atoms with Gasteiger partial charge in [-0.05, 0) is 36.1 Å². The number of benzene rings is 2. The molecule has 3 nitrogen and oxygen atoms in total. The van der Waals surface area contributed by atoms with E-state index in [1.807, 2.05) is 18.2 Å². The van der Waals surface area contributed by atoms with E-state index < -0.39 is 0 Å². The molecule has 0 radical (unpaired) electrons. The summed E-state index contributed by atoms with van der Waals surface area (Å²) in [6, 6.07) is 18.5. The zero-order valence-corrected chi connectivity index (χ0v) is 11.6. The van der Waals surface area contributed by atoms with Crippen molar-refractivity contribution in [3.8, 4) is 0 Å². The SMILES string of the molecule is N[C@@H](CCCO)c1ccc(NCc2ccccc2)cc1. The topological polar surface area (TPSA) is 58.3 Å². The first kappa shape index (κ1) is 14.6. The number of hydrogen-bond acceptors (Lipinski definition) is 3. The third-order valence-electron chi connectivity index (χ3n) is 3.35. The minimum absolute atomic E-state index is 0.00493. The van der Waals surface area contributed by atoms with Crippen LogP contribution >= 0.6 is 0 Å². The summed E-state index contributed by atoms with van der Waals surface area (Å²) in [7, 11) is 0. The monoisotopic (exact) mass is 270 g/mol. The minimum atomic E-state index is 0.00493. The molecule has 0 aromatic heterocycles. The molecule has 2 aromatic rings. The molecule has 0 fully saturated rings. The summed E-state index contributed by atoms with van der Waals surface area (Å²) in [4.78, 5) is 0. The molecule has 0 unspecified atom stereocenters. The Bertz CT molecular complexity index is 496. The van der Waals surface area contributed by atoms with Gasteiger partial charge < -0.3 is 16.2 Å². The Morgan fingerprint density at radius 3 is 2.35 bits per heavy atom. The predicted octanol–water partition coefficient (Wildman–Crippen LogP) is 3.07. The number of nitrogens with one attached hydrogen (secondary N) is 1. The third-order valence-corrected chi connectivity index (χ3v) is 3.35. The van der Waals surface area contributed by atoms with Crippen LogP contribution in [0.3, 0.4) is 0 Å². The van der Waals surface area contributed by atoms with Crippen molar-refractivity contribution in [3.63, 3.8) is 0 Å². The number of rotatable bonds is 7. The van der Waals surface area contributed by atoms with Gasteiger partial charge in [-0.3, -0.25) is 0 Å². The van der Waals surface area contributed by atoms with E-state index in [2.05, 4.69) is 41.7 Å². The summed E-state index contributed by atoms with van der Waals surface area (Å²) in [6.45, 7) is 1.02. The summed E-state index contributed by atoms with van der Waals surface area (Å²) in [5, 5.41) is 12.2. The Balaban J connectivity index is 1.88. The lowest BCUT2D eigenvalue weighted by atomic mass is 10.0. The van der Waals surface area contributed by atoms with Gasteiger partial charge in [0.25, 0.3) is 0 Å². The van der Waals surface area contributed by atoms with Crippen molar-refractivity contribution < 1.29 is 5.11 Å². The van der Waals surface area contributed by atoms with Crippen LogP contribution in [0.5, 0.6) is 0 Å². The highest BCUT2D eigenvalue weighted by molar-refractivity contribution is 5.45. The second-order valence-corrected chi connectivity index (χ2v) is 4.93. The Morgan fingerprint density at radius 2 is 1.70 bits per heavy atom. The van der Waals surface area contributed by atoms with Gasteiger partial charge in [-0.2, -0.15) is 0 Å². The molecule has 0 heterocycles.